The molecular weight excluding hydrogens is 1090 g/mol. The van der Waals surface area contributed by atoms with E-state index in [-0.39, 0.29) is 82.8 Å². The smallest absolute Gasteiger partial charge is 0.407 e. The highest BCUT2D eigenvalue weighted by atomic mass is 19.1. The fourth-order valence-corrected chi connectivity index (χ4v) is 13.7. The minimum Gasteiger partial charge on any atom is -0.508 e. The van der Waals surface area contributed by atoms with Gasteiger partial charge in [0.1, 0.15) is 53.5 Å². The predicted octanol–water partition coefficient (Wildman–Crippen LogP) is 8.60. The Morgan fingerprint density at radius 3 is 2.39 bits per heavy atom. The number of phenols is 1. The number of aromatic nitrogens is 5. The van der Waals surface area contributed by atoms with Crippen molar-refractivity contribution in [3.63, 3.8) is 0 Å². The number of piperidine rings is 1. The van der Waals surface area contributed by atoms with E-state index >= 15 is 8.78 Å². The quantitative estimate of drug-likeness (QED) is 0.0229. The monoisotopic (exact) mass is 1170 g/mol. The number of phenolic OH excluding ortho intramolecular Hbond substituents is 1. The van der Waals surface area contributed by atoms with Gasteiger partial charge in [-0.1, -0.05) is 63.0 Å². The number of carbonyl (C=O) groups excluding carboxylic acids is 4. The molecule has 21 heteroatoms. The van der Waals surface area contributed by atoms with E-state index in [1.807, 2.05) is 12.1 Å². The molecule has 19 nitrogen and oxygen atoms in total. The van der Waals surface area contributed by atoms with Gasteiger partial charge in [-0.15, -0.1) is 6.42 Å². The van der Waals surface area contributed by atoms with Crippen molar-refractivity contribution >= 4 is 62.3 Å². The number of imidazole rings is 1. The molecule has 450 valence electrons. The van der Waals surface area contributed by atoms with Crippen LogP contribution in [0.15, 0.2) is 53.5 Å². The number of hydrogen-bond acceptors (Lipinski definition) is 15. The van der Waals surface area contributed by atoms with Gasteiger partial charge >= 0.3 is 23.8 Å². The highest BCUT2D eigenvalue weighted by Crippen LogP contribution is 2.44. The second kappa shape index (κ2) is 24.7. The second-order valence-electron chi connectivity index (χ2n) is 24.9. The largest absolute Gasteiger partial charge is 0.508 e. The second-order valence-corrected chi connectivity index (χ2v) is 24.9. The van der Waals surface area contributed by atoms with Crippen LogP contribution in [0, 0.1) is 24.0 Å². The molecule has 3 aromatic heterocycles. The SMILES string of the molecule is C#Cc1c(F)ccc2cc(O)cc(-c3ncc4c(N5CC6CCC(C5)N6)nc(OC[C@@]56CCCN5[C@H](COC(=O)NCCCCCCCCCCCc5ccc7c(c5)n(C)c(=O)n7C5C(=O)CC(C(=O)OC(C)(C)C)NC5=O)CC6)nc4c3F)c12. The lowest BCUT2D eigenvalue weighted by molar-refractivity contribution is -0.161. The number of aromatic hydroxyl groups is 1. The number of anilines is 1. The van der Waals surface area contributed by atoms with E-state index in [4.69, 9.17) is 30.6 Å². The number of hydrogen-bond donors (Lipinski definition) is 4. The van der Waals surface area contributed by atoms with E-state index in [9.17, 15) is 29.1 Å². The van der Waals surface area contributed by atoms with Crippen molar-refractivity contribution in [2.24, 2.45) is 7.05 Å². The van der Waals surface area contributed by atoms with E-state index in [0.717, 1.165) is 115 Å². The molecule has 0 spiro atoms. The predicted molar refractivity (Wildman–Crippen MR) is 317 cm³/mol. The fourth-order valence-electron chi connectivity index (χ4n) is 13.7. The van der Waals surface area contributed by atoms with Gasteiger partial charge in [-0.05, 0) is 126 Å². The zero-order valence-corrected chi connectivity index (χ0v) is 48.9. The first kappa shape index (κ1) is 59.0. The first-order valence-corrected chi connectivity index (χ1v) is 30.2. The molecule has 85 heavy (non-hydrogen) atoms. The van der Waals surface area contributed by atoms with Crippen LogP contribution in [0.3, 0.4) is 0 Å². The molecule has 8 heterocycles. The van der Waals surface area contributed by atoms with Crippen LogP contribution in [0.4, 0.5) is 19.4 Å². The Morgan fingerprint density at radius 2 is 1.66 bits per heavy atom. The molecule has 6 atom stereocenters. The van der Waals surface area contributed by atoms with Crippen molar-refractivity contribution < 1.29 is 47.3 Å². The highest BCUT2D eigenvalue weighted by molar-refractivity contribution is 6.10. The van der Waals surface area contributed by atoms with Crippen LogP contribution in [0.5, 0.6) is 11.8 Å². The summed E-state index contributed by atoms with van der Waals surface area (Å²) < 4.78 is 52.7. The number of halogens is 2. The number of ether oxygens (including phenoxy) is 3. The molecule has 5 fully saturated rings. The average Bonchev–Trinajstić information content (AvgIpc) is 2.02. The van der Waals surface area contributed by atoms with Crippen molar-refractivity contribution in [3.8, 4) is 35.4 Å². The number of benzene rings is 3. The van der Waals surface area contributed by atoms with Gasteiger partial charge in [0.15, 0.2) is 17.6 Å². The molecule has 3 aromatic carbocycles. The van der Waals surface area contributed by atoms with E-state index in [0.29, 0.717) is 47.3 Å². The molecule has 11 rings (SSSR count). The number of esters is 1. The van der Waals surface area contributed by atoms with E-state index in [1.165, 1.54) is 39.6 Å². The fraction of sp³-hybridized carbons (Fsp3) is 0.531. The van der Waals surface area contributed by atoms with Gasteiger partial charge in [-0.3, -0.25) is 28.6 Å². The number of unbranched alkanes of at least 4 members (excludes halogenated alkanes) is 8. The molecule has 2 amide bonds. The van der Waals surface area contributed by atoms with Crippen LogP contribution in [-0.4, -0.2) is 133 Å². The Kier molecular flexibility index (Phi) is 17.2. The number of ketones is 1. The van der Waals surface area contributed by atoms with Crippen molar-refractivity contribution in [2.45, 2.75) is 171 Å². The molecule has 0 aliphatic carbocycles. The maximum absolute atomic E-state index is 17.2. The van der Waals surface area contributed by atoms with Crippen LogP contribution in [-0.2, 0) is 37.3 Å². The number of Topliss-reactive ketones (excluding diaryl/α,β-unsaturated/α-hetero) is 1. The number of terminal acetylenes is 1. The number of pyridine rings is 1. The summed E-state index contributed by atoms with van der Waals surface area (Å²) in [5.41, 5.74) is 0.511. The van der Waals surface area contributed by atoms with Crippen LogP contribution < -0.4 is 31.3 Å². The maximum Gasteiger partial charge on any atom is 0.407 e. The van der Waals surface area contributed by atoms with E-state index in [2.05, 4.69) is 36.7 Å². The number of fused-ring (bicyclic) bond motifs is 6. The molecule has 5 aliphatic heterocycles. The zero-order chi connectivity index (χ0) is 59.7. The van der Waals surface area contributed by atoms with Crippen molar-refractivity contribution in [2.75, 3.05) is 44.3 Å². The average molecular weight is 1170 g/mol. The van der Waals surface area contributed by atoms with Crippen LogP contribution in [0.2, 0.25) is 0 Å². The number of piperazine rings is 1. The minimum absolute atomic E-state index is 0.00936. The van der Waals surface area contributed by atoms with Crippen molar-refractivity contribution in [3.05, 3.63) is 81.9 Å². The molecule has 2 bridgehead atoms. The van der Waals surface area contributed by atoms with Gasteiger partial charge in [0.05, 0.1) is 27.5 Å². The molecular formula is C64H76F2N10O9. The summed E-state index contributed by atoms with van der Waals surface area (Å²) in [4.78, 5) is 84.2. The Labute approximate surface area is 492 Å². The third-order valence-corrected chi connectivity index (χ3v) is 17.8. The topological polar surface area (TPSA) is 224 Å². The summed E-state index contributed by atoms with van der Waals surface area (Å²) in [6, 6.07) is 9.26. The van der Waals surface area contributed by atoms with Crippen LogP contribution in [0.25, 0.3) is 44.0 Å². The van der Waals surface area contributed by atoms with Crippen LogP contribution in [0.1, 0.15) is 141 Å². The Balaban J connectivity index is 0.611. The van der Waals surface area contributed by atoms with Crippen molar-refractivity contribution in [1.82, 2.24) is 44.9 Å². The molecule has 5 aliphatic rings. The Bertz CT molecular complexity index is 3640. The zero-order valence-electron chi connectivity index (χ0n) is 48.9. The molecule has 4 unspecified atom stereocenters. The molecule has 0 radical (unpaired) electrons. The van der Waals surface area contributed by atoms with Gasteiger partial charge in [0, 0.05) is 68.4 Å². The summed E-state index contributed by atoms with van der Waals surface area (Å²) in [7, 11) is 1.63. The molecule has 0 saturated carbocycles. The van der Waals surface area contributed by atoms with Gasteiger partial charge < -0.3 is 40.2 Å². The Hall–Kier alpha value is -7.70. The minimum atomic E-state index is -1.37. The summed E-state index contributed by atoms with van der Waals surface area (Å²) in [5.74, 6) is -0.563. The first-order valence-electron chi connectivity index (χ1n) is 30.2. The lowest BCUT2D eigenvalue weighted by atomic mass is 9.95. The third-order valence-electron chi connectivity index (χ3n) is 17.8. The number of nitrogens with zero attached hydrogens (tertiary/aromatic N) is 7. The third kappa shape index (κ3) is 12.4. The van der Waals surface area contributed by atoms with Crippen molar-refractivity contribution in [1.29, 1.82) is 0 Å². The summed E-state index contributed by atoms with van der Waals surface area (Å²) in [6.07, 6.45) is 22.5. The lowest BCUT2D eigenvalue weighted by Gasteiger charge is -2.35. The molecule has 5 saturated heterocycles. The van der Waals surface area contributed by atoms with Crippen LogP contribution >= 0.6 is 0 Å². The number of nitrogens with one attached hydrogen (secondary N) is 3. The summed E-state index contributed by atoms with van der Waals surface area (Å²) in [6.45, 7) is 8.33. The Morgan fingerprint density at radius 1 is 0.918 bits per heavy atom. The molecule has 4 N–H and O–H groups in total. The summed E-state index contributed by atoms with van der Waals surface area (Å²) >= 11 is 0. The summed E-state index contributed by atoms with van der Waals surface area (Å²) in [5, 5.41) is 21.0. The number of aryl methyl sites for hydroxylation is 2. The van der Waals surface area contributed by atoms with E-state index in [1.54, 1.807) is 33.9 Å². The van der Waals surface area contributed by atoms with Gasteiger partial charge in [-0.2, -0.15) is 9.97 Å². The van der Waals surface area contributed by atoms with Gasteiger partial charge in [-0.25, -0.2) is 23.2 Å². The number of carbonyl (C=O) groups is 4. The van der Waals surface area contributed by atoms with Gasteiger partial charge in [0.25, 0.3) is 5.91 Å². The molecule has 6 aromatic rings. The number of amides is 2. The number of rotatable bonds is 21. The highest BCUT2D eigenvalue weighted by Gasteiger charge is 2.50. The maximum atomic E-state index is 17.2. The van der Waals surface area contributed by atoms with E-state index < -0.39 is 58.8 Å². The normalized spacial score (nSPS) is 22.3. The standard InChI is InChI=1S/C64H76F2N10O9/c1-6-44-47(65)22-19-39-30-43(77)31-45(52(39)44)54-53(66)55-46(33-68-54)57(74-34-40-20-21-41(35-74)69-40)72-60(71-55)84-37-64-25-16-28-75(64)42(24-26-64)36-83-61(81)67-27-15-13-11-9-7-8-10-12-14-17-38-18-23-49-50(29-38)73(5)62(82)76(49)56-51(78)32-48(70-58(56)79)59(80)85-63(2,3)4/h1,18-19,22-23,29-31,33,40-42,48,56,69,77H,7-17,20-21,24-28,32,34-37H2,2-5H3,(H,67,81)(H,70,79)/t40?,41?,42-,48?,56?,64-/m0/s1. The first-order chi connectivity index (χ1) is 40.9. The lowest BCUT2D eigenvalue weighted by Crippen LogP contribution is -2.55. The van der Waals surface area contributed by atoms with Gasteiger partial charge in [0.2, 0.25) is 0 Å². The number of alkyl carbamates (subject to hydrolysis) is 1.